The van der Waals surface area contributed by atoms with E-state index in [2.05, 4.69) is 66.4 Å². The number of terminal acetylenes is 1. The van der Waals surface area contributed by atoms with Gasteiger partial charge in [-0.2, -0.15) is 0 Å². The van der Waals surface area contributed by atoms with Crippen molar-refractivity contribution >= 4 is 0 Å². The van der Waals surface area contributed by atoms with Crippen LogP contribution in [0, 0.1) is 30.6 Å². The highest BCUT2D eigenvalue weighted by molar-refractivity contribution is 5.24. The standard InChI is InChI=1S/C12H20.C8H14.4C2H6.C2H2.CH4/c1-6-7-11(4)12(5)9-8-10(2)3;1-6(2)8-4-7(3)5-8;5*1-2;/h8-9,11H,2,5-7H2,1,3-4H3;7-8H,1,4-5H2,2-3H3;4*1-2H3;1-2H;1H4/b9-8-;;;;;;;. The molecule has 1 saturated carbocycles. The topological polar surface area (TPSA) is 0 Å². The quantitative estimate of drug-likeness (QED) is 0.220. The highest BCUT2D eigenvalue weighted by Gasteiger charge is 2.24. The van der Waals surface area contributed by atoms with Crippen molar-refractivity contribution in [3.05, 3.63) is 48.6 Å². The summed E-state index contributed by atoms with van der Waals surface area (Å²) in [4.78, 5) is 0. The largest absolute Gasteiger partial charge is 0.124 e. The summed E-state index contributed by atoms with van der Waals surface area (Å²) in [6.45, 7) is 38.6. The van der Waals surface area contributed by atoms with Crippen LogP contribution >= 0.6 is 0 Å². The molecule has 1 unspecified atom stereocenters. The lowest BCUT2D eigenvalue weighted by Crippen LogP contribution is -2.21. The average molecular weight is 437 g/mol. The maximum Gasteiger partial charge on any atom is -0.0196 e. The van der Waals surface area contributed by atoms with Gasteiger partial charge < -0.3 is 0 Å². The summed E-state index contributed by atoms with van der Waals surface area (Å²) in [7, 11) is 0. The molecule has 0 saturated heterocycles. The van der Waals surface area contributed by atoms with Crippen molar-refractivity contribution in [1.82, 2.24) is 0 Å². The molecule has 0 aromatic heterocycles. The van der Waals surface area contributed by atoms with Gasteiger partial charge in [-0.15, -0.1) is 12.8 Å². The highest BCUT2D eigenvalue weighted by Crippen LogP contribution is 2.37. The van der Waals surface area contributed by atoms with Crippen LogP contribution in [-0.4, -0.2) is 0 Å². The fourth-order valence-electron chi connectivity index (χ4n) is 2.34. The third-order valence-electron chi connectivity index (χ3n) is 4.01. The monoisotopic (exact) mass is 437 g/mol. The van der Waals surface area contributed by atoms with E-state index in [1.807, 2.05) is 68.4 Å². The number of rotatable bonds is 6. The third kappa shape index (κ3) is 39.6. The Kier molecular flexibility index (Phi) is 65.0. The van der Waals surface area contributed by atoms with Crippen LogP contribution in [0.4, 0.5) is 0 Å². The first-order valence-electron chi connectivity index (χ1n) is 12.3. The smallest absolute Gasteiger partial charge is 0.0196 e. The summed E-state index contributed by atoms with van der Waals surface area (Å²) in [5, 5.41) is 0. The predicted octanol–water partition coefficient (Wildman–Crippen LogP) is 11.7. The van der Waals surface area contributed by atoms with Crippen LogP contribution in [0.3, 0.4) is 0 Å². The molecule has 0 aromatic rings. The Morgan fingerprint density at radius 2 is 1.23 bits per heavy atom. The molecule has 0 radical (unpaired) electrons. The molecule has 0 N–H and O–H groups in total. The van der Waals surface area contributed by atoms with E-state index in [-0.39, 0.29) is 7.43 Å². The zero-order valence-electron chi connectivity index (χ0n) is 23.5. The van der Waals surface area contributed by atoms with Crippen LogP contribution in [-0.2, 0) is 0 Å². The van der Waals surface area contributed by atoms with E-state index < -0.39 is 0 Å². The van der Waals surface area contributed by atoms with E-state index in [1.54, 1.807) is 0 Å². The summed E-state index contributed by atoms with van der Waals surface area (Å²) >= 11 is 0. The Hall–Kier alpha value is -1.48. The van der Waals surface area contributed by atoms with Crippen LogP contribution in [0.2, 0.25) is 0 Å². The lowest BCUT2D eigenvalue weighted by atomic mass is 9.73. The fraction of sp³-hybridized carbons (Fsp3) is 0.677. The Morgan fingerprint density at radius 3 is 1.42 bits per heavy atom. The molecule has 0 spiro atoms. The van der Waals surface area contributed by atoms with Gasteiger partial charge >= 0.3 is 0 Å². The molecule has 0 heteroatoms. The fourth-order valence-corrected chi connectivity index (χ4v) is 2.34. The summed E-state index contributed by atoms with van der Waals surface area (Å²) in [5.41, 5.74) is 3.67. The van der Waals surface area contributed by atoms with Gasteiger partial charge in [-0.05, 0) is 50.9 Å². The minimum Gasteiger partial charge on any atom is -0.124 e. The molecule has 1 rings (SSSR count). The van der Waals surface area contributed by atoms with Crippen molar-refractivity contribution in [3.63, 3.8) is 0 Å². The zero-order valence-corrected chi connectivity index (χ0v) is 23.5. The second-order valence-electron chi connectivity index (χ2n) is 6.56. The number of hydrogen-bond donors (Lipinski definition) is 0. The summed E-state index contributed by atoms with van der Waals surface area (Å²) in [6.07, 6.45) is 17.3. The predicted molar refractivity (Wildman–Crippen MR) is 156 cm³/mol. The first kappa shape index (κ1) is 47.3. The van der Waals surface area contributed by atoms with Gasteiger partial charge in [0.15, 0.2) is 0 Å². The Morgan fingerprint density at radius 1 is 0.871 bits per heavy atom. The van der Waals surface area contributed by atoms with Crippen molar-refractivity contribution in [2.75, 3.05) is 0 Å². The second kappa shape index (κ2) is 42.6. The van der Waals surface area contributed by atoms with Crippen LogP contribution < -0.4 is 0 Å². The van der Waals surface area contributed by atoms with E-state index in [1.165, 1.54) is 36.8 Å². The van der Waals surface area contributed by atoms with Gasteiger partial charge in [0.1, 0.15) is 0 Å². The molecule has 1 aliphatic rings. The lowest BCUT2D eigenvalue weighted by Gasteiger charge is -2.32. The molecule has 1 fully saturated rings. The molecule has 0 bridgehead atoms. The van der Waals surface area contributed by atoms with Gasteiger partial charge in [-0.3, -0.25) is 0 Å². The summed E-state index contributed by atoms with van der Waals surface area (Å²) in [5.74, 6) is 2.44. The van der Waals surface area contributed by atoms with Crippen molar-refractivity contribution in [2.45, 2.75) is 123 Å². The van der Waals surface area contributed by atoms with E-state index in [0.717, 1.165) is 17.4 Å². The lowest BCUT2D eigenvalue weighted by molar-refractivity contribution is 0.250. The Labute approximate surface area is 202 Å². The molecule has 0 heterocycles. The first-order chi connectivity index (χ1) is 14.3. The van der Waals surface area contributed by atoms with Gasteiger partial charge in [-0.25, -0.2) is 0 Å². The van der Waals surface area contributed by atoms with Gasteiger partial charge in [-0.1, -0.05) is 139 Å². The third-order valence-corrected chi connectivity index (χ3v) is 4.01. The first-order valence-corrected chi connectivity index (χ1v) is 12.3. The van der Waals surface area contributed by atoms with E-state index in [9.17, 15) is 0 Å². The van der Waals surface area contributed by atoms with Crippen LogP contribution in [0.25, 0.3) is 0 Å². The maximum atomic E-state index is 4.02. The molecular formula is C31H64. The average Bonchev–Trinajstić information content (AvgIpc) is 2.77. The van der Waals surface area contributed by atoms with Crippen molar-refractivity contribution < 1.29 is 0 Å². The molecule has 31 heavy (non-hydrogen) atoms. The van der Waals surface area contributed by atoms with Gasteiger partial charge in [0.2, 0.25) is 0 Å². The summed E-state index contributed by atoms with van der Waals surface area (Å²) < 4.78 is 0. The molecule has 1 aliphatic carbocycles. The van der Waals surface area contributed by atoms with E-state index >= 15 is 0 Å². The Bertz CT molecular complexity index is 386. The van der Waals surface area contributed by atoms with Gasteiger partial charge in [0.25, 0.3) is 0 Å². The van der Waals surface area contributed by atoms with E-state index in [0.29, 0.717) is 5.92 Å². The zero-order chi connectivity index (χ0) is 25.7. The van der Waals surface area contributed by atoms with Crippen LogP contribution in [0.5, 0.6) is 0 Å². The van der Waals surface area contributed by atoms with Crippen molar-refractivity contribution in [2.24, 2.45) is 17.8 Å². The molecule has 188 valence electrons. The van der Waals surface area contributed by atoms with Crippen molar-refractivity contribution in [3.8, 4) is 12.8 Å². The molecule has 0 aliphatic heterocycles. The highest BCUT2D eigenvalue weighted by atomic mass is 14.3. The number of hydrogen-bond acceptors (Lipinski definition) is 0. The van der Waals surface area contributed by atoms with Crippen LogP contribution in [0.1, 0.15) is 123 Å². The second-order valence-corrected chi connectivity index (χ2v) is 6.56. The van der Waals surface area contributed by atoms with Crippen LogP contribution in [0.15, 0.2) is 48.6 Å². The Balaban J connectivity index is -0.0000000528. The maximum absolute atomic E-state index is 4.02. The van der Waals surface area contributed by atoms with E-state index in [4.69, 9.17) is 0 Å². The number of allylic oxidation sites excluding steroid dienone is 5. The van der Waals surface area contributed by atoms with Gasteiger partial charge in [0, 0.05) is 0 Å². The molecule has 0 nitrogen and oxygen atoms in total. The van der Waals surface area contributed by atoms with Gasteiger partial charge in [0.05, 0.1) is 0 Å². The summed E-state index contributed by atoms with van der Waals surface area (Å²) in [6, 6.07) is 0. The molecule has 1 atom stereocenters. The molecule has 0 amide bonds. The minimum absolute atomic E-state index is 0. The van der Waals surface area contributed by atoms with Crippen molar-refractivity contribution in [1.29, 1.82) is 0 Å². The molecule has 0 aromatic carbocycles. The SMILES string of the molecule is C.C#C.C=C(C)/C=C\C(=C)C(C)CCC.C=C(C)C1CC(C)C1.CC.CC.CC.CC. The minimum atomic E-state index is 0. The normalized spacial score (nSPS) is 15.3. The molecular weight excluding hydrogens is 372 g/mol.